The number of hydrogen-bond acceptors (Lipinski definition) is 2. The summed E-state index contributed by atoms with van der Waals surface area (Å²) in [6.45, 7) is 0. The van der Waals surface area contributed by atoms with Crippen LogP contribution in [0.4, 0.5) is 0 Å². The number of nitrogens with zero attached hydrogens (tertiary/aromatic N) is 1. The summed E-state index contributed by atoms with van der Waals surface area (Å²) < 4.78 is 5.22. The van der Waals surface area contributed by atoms with Crippen molar-refractivity contribution >= 4 is 12.2 Å². The van der Waals surface area contributed by atoms with E-state index >= 15 is 0 Å². The van der Waals surface area contributed by atoms with E-state index < -0.39 is 0 Å². The van der Waals surface area contributed by atoms with Gasteiger partial charge in [-0.25, -0.2) is 0 Å². The summed E-state index contributed by atoms with van der Waals surface area (Å²) >= 11 is 0. The molecule has 2 heteroatoms. The number of aromatic nitrogens is 1. The second-order valence-electron chi connectivity index (χ2n) is 3.33. The Labute approximate surface area is 95.2 Å². The average molecular weight is 211 g/mol. The molecule has 0 atom stereocenters. The Balaban J connectivity index is 2.24. The van der Waals surface area contributed by atoms with E-state index in [0.29, 0.717) is 0 Å². The summed E-state index contributed by atoms with van der Waals surface area (Å²) in [5.41, 5.74) is 1.99. The SMILES string of the molecule is COc1cccnc1/C=C\c1ccccc1. The largest absolute Gasteiger partial charge is 0.494 e. The second-order valence-corrected chi connectivity index (χ2v) is 3.33. The standard InChI is InChI=1S/C14H13NO/c1-16-14-8-5-11-15-13(14)10-9-12-6-3-2-4-7-12/h2-11H,1H3/b10-9-. The van der Waals surface area contributed by atoms with Crippen LogP contribution in [-0.2, 0) is 0 Å². The highest BCUT2D eigenvalue weighted by molar-refractivity contribution is 5.70. The predicted molar refractivity (Wildman–Crippen MR) is 66.2 cm³/mol. The molecule has 16 heavy (non-hydrogen) atoms. The number of benzene rings is 1. The Hall–Kier alpha value is -2.09. The monoisotopic (exact) mass is 211 g/mol. The van der Waals surface area contributed by atoms with Crippen molar-refractivity contribution in [2.45, 2.75) is 0 Å². The zero-order valence-corrected chi connectivity index (χ0v) is 9.13. The number of pyridine rings is 1. The Morgan fingerprint density at radius 2 is 1.81 bits per heavy atom. The van der Waals surface area contributed by atoms with Gasteiger partial charge in [0.2, 0.25) is 0 Å². The van der Waals surface area contributed by atoms with Crippen molar-refractivity contribution in [1.82, 2.24) is 4.98 Å². The van der Waals surface area contributed by atoms with Gasteiger partial charge in [0.05, 0.1) is 7.11 Å². The summed E-state index contributed by atoms with van der Waals surface area (Å²) in [6.07, 6.45) is 5.73. The molecule has 2 aromatic rings. The molecule has 80 valence electrons. The first-order valence-electron chi connectivity index (χ1n) is 5.12. The Bertz CT molecular complexity index is 477. The highest BCUT2D eigenvalue weighted by atomic mass is 16.5. The molecule has 0 N–H and O–H groups in total. The molecule has 0 aliphatic heterocycles. The van der Waals surface area contributed by atoms with E-state index in [9.17, 15) is 0 Å². The zero-order chi connectivity index (χ0) is 11.2. The molecule has 0 aliphatic carbocycles. The molecule has 0 fully saturated rings. The fraction of sp³-hybridized carbons (Fsp3) is 0.0714. The quantitative estimate of drug-likeness (QED) is 0.777. The van der Waals surface area contributed by atoms with Gasteiger partial charge in [-0.1, -0.05) is 36.4 Å². The summed E-state index contributed by atoms with van der Waals surface area (Å²) in [6, 6.07) is 13.9. The van der Waals surface area contributed by atoms with E-state index in [1.807, 2.05) is 54.6 Å². The van der Waals surface area contributed by atoms with E-state index in [1.54, 1.807) is 13.3 Å². The van der Waals surface area contributed by atoms with Crippen molar-refractivity contribution in [3.05, 3.63) is 59.9 Å². The Morgan fingerprint density at radius 1 is 1.00 bits per heavy atom. The van der Waals surface area contributed by atoms with Gasteiger partial charge < -0.3 is 4.74 Å². The maximum absolute atomic E-state index is 5.22. The first-order valence-corrected chi connectivity index (χ1v) is 5.12. The van der Waals surface area contributed by atoms with Gasteiger partial charge in [0, 0.05) is 6.20 Å². The molecule has 0 amide bonds. The Morgan fingerprint density at radius 3 is 2.56 bits per heavy atom. The molecule has 2 rings (SSSR count). The maximum atomic E-state index is 5.22. The number of hydrogen-bond donors (Lipinski definition) is 0. The van der Waals surface area contributed by atoms with Gasteiger partial charge in [0.25, 0.3) is 0 Å². The van der Waals surface area contributed by atoms with Crippen LogP contribution in [0.3, 0.4) is 0 Å². The van der Waals surface area contributed by atoms with Crippen LogP contribution in [0.25, 0.3) is 12.2 Å². The van der Waals surface area contributed by atoms with E-state index in [4.69, 9.17) is 4.74 Å². The summed E-state index contributed by atoms with van der Waals surface area (Å²) in [4.78, 5) is 4.25. The van der Waals surface area contributed by atoms with Crippen molar-refractivity contribution in [3.63, 3.8) is 0 Å². The molecule has 0 radical (unpaired) electrons. The van der Waals surface area contributed by atoms with Crippen LogP contribution in [0.2, 0.25) is 0 Å². The fourth-order valence-electron chi connectivity index (χ4n) is 1.44. The molecule has 0 bridgehead atoms. The number of methoxy groups -OCH3 is 1. The van der Waals surface area contributed by atoms with Crippen molar-refractivity contribution in [2.75, 3.05) is 7.11 Å². The Kier molecular flexibility index (Phi) is 3.34. The molecular formula is C14H13NO. The molecule has 1 aromatic heterocycles. The van der Waals surface area contributed by atoms with Crippen LogP contribution in [0.1, 0.15) is 11.3 Å². The lowest BCUT2D eigenvalue weighted by Gasteiger charge is -2.02. The lowest BCUT2D eigenvalue weighted by atomic mass is 10.2. The molecule has 1 aromatic carbocycles. The van der Waals surface area contributed by atoms with Crippen LogP contribution >= 0.6 is 0 Å². The van der Waals surface area contributed by atoms with E-state index in [2.05, 4.69) is 4.98 Å². The van der Waals surface area contributed by atoms with Crippen molar-refractivity contribution < 1.29 is 4.74 Å². The number of rotatable bonds is 3. The minimum absolute atomic E-state index is 0.787. The highest BCUT2D eigenvalue weighted by Gasteiger charge is 1.97. The van der Waals surface area contributed by atoms with Gasteiger partial charge in [-0.2, -0.15) is 0 Å². The average Bonchev–Trinajstić information content (AvgIpc) is 2.38. The fourth-order valence-corrected chi connectivity index (χ4v) is 1.44. The van der Waals surface area contributed by atoms with Gasteiger partial charge in [-0.05, 0) is 23.8 Å². The molecule has 0 saturated carbocycles. The van der Waals surface area contributed by atoms with Crippen molar-refractivity contribution in [2.24, 2.45) is 0 Å². The molecule has 0 spiro atoms. The van der Waals surface area contributed by atoms with Crippen molar-refractivity contribution in [1.29, 1.82) is 0 Å². The van der Waals surface area contributed by atoms with Gasteiger partial charge in [0.15, 0.2) is 0 Å². The summed E-state index contributed by atoms with van der Waals surface area (Å²) in [5.74, 6) is 0.787. The third-order valence-corrected chi connectivity index (χ3v) is 2.25. The minimum Gasteiger partial charge on any atom is -0.494 e. The molecule has 0 aliphatic rings. The molecule has 0 saturated heterocycles. The van der Waals surface area contributed by atoms with E-state index in [0.717, 1.165) is 17.0 Å². The van der Waals surface area contributed by atoms with E-state index in [1.165, 1.54) is 0 Å². The van der Waals surface area contributed by atoms with Crippen molar-refractivity contribution in [3.8, 4) is 5.75 Å². The first-order chi connectivity index (χ1) is 7.90. The molecule has 1 heterocycles. The van der Waals surface area contributed by atoms with Gasteiger partial charge in [0.1, 0.15) is 11.4 Å². The van der Waals surface area contributed by atoms with E-state index in [-0.39, 0.29) is 0 Å². The topological polar surface area (TPSA) is 22.1 Å². The molecular weight excluding hydrogens is 198 g/mol. The van der Waals surface area contributed by atoms with Gasteiger partial charge in [-0.15, -0.1) is 0 Å². The van der Waals surface area contributed by atoms with Crippen LogP contribution in [0.5, 0.6) is 5.75 Å². The lowest BCUT2D eigenvalue weighted by molar-refractivity contribution is 0.412. The highest BCUT2D eigenvalue weighted by Crippen LogP contribution is 2.17. The summed E-state index contributed by atoms with van der Waals surface area (Å²) in [7, 11) is 1.65. The molecule has 2 nitrogen and oxygen atoms in total. The predicted octanol–water partition coefficient (Wildman–Crippen LogP) is 3.26. The zero-order valence-electron chi connectivity index (χ0n) is 9.13. The second kappa shape index (κ2) is 5.12. The van der Waals surface area contributed by atoms with Gasteiger partial charge >= 0.3 is 0 Å². The minimum atomic E-state index is 0.787. The lowest BCUT2D eigenvalue weighted by Crippen LogP contribution is -1.88. The molecule has 0 unspecified atom stereocenters. The third kappa shape index (κ3) is 2.48. The van der Waals surface area contributed by atoms with Crippen LogP contribution in [-0.4, -0.2) is 12.1 Å². The summed E-state index contributed by atoms with van der Waals surface area (Å²) in [5, 5.41) is 0. The van der Waals surface area contributed by atoms with Crippen LogP contribution in [0.15, 0.2) is 48.7 Å². The van der Waals surface area contributed by atoms with Gasteiger partial charge in [-0.3, -0.25) is 4.98 Å². The van der Waals surface area contributed by atoms with Crippen LogP contribution < -0.4 is 4.74 Å². The first kappa shape index (κ1) is 10.4. The normalized spacial score (nSPS) is 10.6. The number of ether oxygens (including phenoxy) is 1. The van der Waals surface area contributed by atoms with Crippen LogP contribution in [0, 0.1) is 0 Å². The maximum Gasteiger partial charge on any atom is 0.144 e. The smallest absolute Gasteiger partial charge is 0.144 e. The third-order valence-electron chi connectivity index (χ3n) is 2.25.